The van der Waals surface area contributed by atoms with Crippen molar-refractivity contribution in [3.05, 3.63) is 0 Å². The summed E-state index contributed by atoms with van der Waals surface area (Å²) >= 11 is 0. The number of aliphatic hydroxyl groups is 1. The van der Waals surface area contributed by atoms with E-state index in [1.807, 2.05) is 0 Å². The predicted molar refractivity (Wildman–Crippen MR) is 57.3 cm³/mol. The third-order valence-electron chi connectivity index (χ3n) is 3.01. The molecule has 1 aliphatic heterocycles. The summed E-state index contributed by atoms with van der Waals surface area (Å²) in [5.74, 6) is 0.775. The van der Waals surface area contributed by atoms with Gasteiger partial charge in [-0.15, -0.1) is 0 Å². The van der Waals surface area contributed by atoms with Gasteiger partial charge in [0.15, 0.2) is 0 Å². The number of nitrogens with one attached hydrogen (secondary N) is 1. The van der Waals surface area contributed by atoms with Crippen LogP contribution in [0.5, 0.6) is 0 Å². The summed E-state index contributed by atoms with van der Waals surface area (Å²) in [5, 5.41) is 12.4. The standard InChI is InChI=1S/C11H23NO2/c1-2-11(3-6-13)12-9-10-4-7-14-8-5-10/h10-13H,2-9H2,1H3. The maximum atomic E-state index is 8.84. The minimum atomic E-state index is 0.291. The van der Waals surface area contributed by atoms with Gasteiger partial charge in [0.1, 0.15) is 0 Å². The zero-order valence-electron chi connectivity index (χ0n) is 9.17. The van der Waals surface area contributed by atoms with Crippen LogP contribution in [0.1, 0.15) is 32.6 Å². The first-order valence-corrected chi connectivity index (χ1v) is 5.78. The van der Waals surface area contributed by atoms with Crippen molar-refractivity contribution < 1.29 is 9.84 Å². The molecule has 84 valence electrons. The highest BCUT2D eigenvalue weighted by atomic mass is 16.5. The molecule has 1 aliphatic rings. The van der Waals surface area contributed by atoms with Crippen LogP contribution in [-0.2, 0) is 4.74 Å². The van der Waals surface area contributed by atoms with Crippen LogP contribution in [0.15, 0.2) is 0 Å². The van der Waals surface area contributed by atoms with E-state index in [2.05, 4.69) is 12.2 Å². The van der Waals surface area contributed by atoms with Crippen molar-refractivity contribution in [3.8, 4) is 0 Å². The summed E-state index contributed by atoms with van der Waals surface area (Å²) in [7, 11) is 0. The molecule has 0 aromatic rings. The SMILES string of the molecule is CCC(CCO)NCC1CCOCC1. The van der Waals surface area contributed by atoms with Crippen LogP contribution in [0.3, 0.4) is 0 Å². The van der Waals surface area contributed by atoms with Crippen LogP contribution in [0.25, 0.3) is 0 Å². The molecule has 0 radical (unpaired) electrons. The van der Waals surface area contributed by atoms with Gasteiger partial charge in [-0.3, -0.25) is 0 Å². The zero-order chi connectivity index (χ0) is 10.2. The van der Waals surface area contributed by atoms with E-state index < -0.39 is 0 Å². The lowest BCUT2D eigenvalue weighted by Gasteiger charge is -2.25. The maximum absolute atomic E-state index is 8.84. The van der Waals surface area contributed by atoms with Gasteiger partial charge in [-0.25, -0.2) is 0 Å². The van der Waals surface area contributed by atoms with Gasteiger partial charge < -0.3 is 15.2 Å². The van der Waals surface area contributed by atoms with E-state index in [0.29, 0.717) is 12.6 Å². The minimum Gasteiger partial charge on any atom is -0.396 e. The van der Waals surface area contributed by atoms with Crippen LogP contribution < -0.4 is 5.32 Å². The largest absolute Gasteiger partial charge is 0.396 e. The molecule has 0 aliphatic carbocycles. The maximum Gasteiger partial charge on any atom is 0.0469 e. The molecule has 1 fully saturated rings. The Morgan fingerprint density at radius 2 is 2.14 bits per heavy atom. The lowest BCUT2D eigenvalue weighted by molar-refractivity contribution is 0.0650. The van der Waals surface area contributed by atoms with Crippen LogP contribution in [0.2, 0.25) is 0 Å². The first kappa shape index (κ1) is 12.0. The second-order valence-electron chi connectivity index (χ2n) is 4.08. The summed E-state index contributed by atoms with van der Waals surface area (Å²) in [4.78, 5) is 0. The molecule has 0 amide bonds. The Morgan fingerprint density at radius 1 is 1.43 bits per heavy atom. The Labute approximate surface area is 86.8 Å². The van der Waals surface area contributed by atoms with Gasteiger partial charge in [0.25, 0.3) is 0 Å². The molecular formula is C11H23NO2. The molecule has 0 bridgehead atoms. The van der Waals surface area contributed by atoms with E-state index in [1.165, 1.54) is 12.8 Å². The lowest BCUT2D eigenvalue weighted by Crippen LogP contribution is -2.35. The Kier molecular flexibility index (Phi) is 6.15. The second-order valence-corrected chi connectivity index (χ2v) is 4.08. The third-order valence-corrected chi connectivity index (χ3v) is 3.01. The monoisotopic (exact) mass is 201 g/mol. The number of hydrogen-bond donors (Lipinski definition) is 2. The highest BCUT2D eigenvalue weighted by molar-refractivity contribution is 4.70. The summed E-state index contributed by atoms with van der Waals surface area (Å²) in [6, 6.07) is 0.489. The smallest absolute Gasteiger partial charge is 0.0469 e. The van der Waals surface area contributed by atoms with Crippen molar-refractivity contribution in [2.75, 3.05) is 26.4 Å². The highest BCUT2D eigenvalue weighted by Gasteiger charge is 2.14. The molecule has 2 N–H and O–H groups in total. The first-order chi connectivity index (χ1) is 6.86. The molecule has 0 saturated carbocycles. The second kappa shape index (κ2) is 7.21. The normalized spacial score (nSPS) is 21.0. The molecule has 0 aromatic heterocycles. The van der Waals surface area contributed by atoms with E-state index in [9.17, 15) is 0 Å². The molecule has 0 spiro atoms. The van der Waals surface area contributed by atoms with Gasteiger partial charge in [0.05, 0.1) is 0 Å². The average molecular weight is 201 g/mol. The lowest BCUT2D eigenvalue weighted by atomic mass is 9.99. The fraction of sp³-hybridized carbons (Fsp3) is 1.00. The van der Waals surface area contributed by atoms with Gasteiger partial charge in [-0.05, 0) is 38.1 Å². The minimum absolute atomic E-state index is 0.291. The van der Waals surface area contributed by atoms with Crippen molar-refractivity contribution in [2.24, 2.45) is 5.92 Å². The zero-order valence-corrected chi connectivity index (χ0v) is 9.17. The quantitative estimate of drug-likeness (QED) is 0.677. The molecule has 1 atom stereocenters. The topological polar surface area (TPSA) is 41.5 Å². The van der Waals surface area contributed by atoms with Crippen molar-refractivity contribution in [2.45, 2.75) is 38.6 Å². The fourth-order valence-electron chi connectivity index (χ4n) is 1.89. The van der Waals surface area contributed by atoms with Crippen molar-refractivity contribution >= 4 is 0 Å². The fourth-order valence-corrected chi connectivity index (χ4v) is 1.89. The van der Waals surface area contributed by atoms with Gasteiger partial charge in [-0.1, -0.05) is 6.92 Å². The van der Waals surface area contributed by atoms with Crippen molar-refractivity contribution in [1.29, 1.82) is 0 Å². The van der Waals surface area contributed by atoms with E-state index in [0.717, 1.165) is 38.5 Å². The highest BCUT2D eigenvalue weighted by Crippen LogP contribution is 2.13. The molecule has 1 heterocycles. The Bertz CT molecular complexity index is 130. The van der Waals surface area contributed by atoms with Gasteiger partial charge in [0.2, 0.25) is 0 Å². The number of hydrogen-bond acceptors (Lipinski definition) is 3. The Hall–Kier alpha value is -0.120. The molecule has 1 saturated heterocycles. The third kappa shape index (κ3) is 4.40. The van der Waals surface area contributed by atoms with E-state index >= 15 is 0 Å². The van der Waals surface area contributed by atoms with Gasteiger partial charge in [0, 0.05) is 25.9 Å². The summed E-state index contributed by atoms with van der Waals surface area (Å²) in [6.07, 6.45) is 4.34. The van der Waals surface area contributed by atoms with Crippen molar-refractivity contribution in [3.63, 3.8) is 0 Å². The molecular weight excluding hydrogens is 178 g/mol. The van der Waals surface area contributed by atoms with Crippen molar-refractivity contribution in [1.82, 2.24) is 5.32 Å². The van der Waals surface area contributed by atoms with Gasteiger partial charge >= 0.3 is 0 Å². The Balaban J connectivity index is 2.10. The van der Waals surface area contributed by atoms with Crippen LogP contribution in [-0.4, -0.2) is 37.5 Å². The molecule has 3 heteroatoms. The van der Waals surface area contributed by atoms with E-state index in [1.54, 1.807) is 0 Å². The summed E-state index contributed by atoms with van der Waals surface area (Å²) < 4.78 is 5.31. The van der Waals surface area contributed by atoms with E-state index in [-0.39, 0.29) is 0 Å². The molecule has 14 heavy (non-hydrogen) atoms. The first-order valence-electron chi connectivity index (χ1n) is 5.78. The van der Waals surface area contributed by atoms with E-state index in [4.69, 9.17) is 9.84 Å². The summed E-state index contributed by atoms with van der Waals surface area (Å²) in [6.45, 7) is 5.38. The van der Waals surface area contributed by atoms with Crippen LogP contribution in [0, 0.1) is 5.92 Å². The predicted octanol–water partition coefficient (Wildman–Crippen LogP) is 1.16. The number of ether oxygens (including phenoxy) is 1. The van der Waals surface area contributed by atoms with Crippen LogP contribution >= 0.6 is 0 Å². The molecule has 1 unspecified atom stereocenters. The molecule has 0 aromatic carbocycles. The average Bonchev–Trinajstić information content (AvgIpc) is 2.25. The molecule has 3 nitrogen and oxygen atoms in total. The Morgan fingerprint density at radius 3 is 2.71 bits per heavy atom. The molecule has 1 rings (SSSR count). The van der Waals surface area contributed by atoms with Gasteiger partial charge in [-0.2, -0.15) is 0 Å². The van der Waals surface area contributed by atoms with Crippen LogP contribution in [0.4, 0.5) is 0 Å². The summed E-state index contributed by atoms with van der Waals surface area (Å²) in [5.41, 5.74) is 0. The number of aliphatic hydroxyl groups excluding tert-OH is 1. The number of rotatable bonds is 6.